The number of non-ortho nitro benzene ring substituents is 1. The van der Waals surface area contributed by atoms with Gasteiger partial charge in [-0.15, -0.1) is 0 Å². The van der Waals surface area contributed by atoms with Crippen LogP contribution in [-0.4, -0.2) is 9.13 Å². The Morgan fingerprint density at radius 2 is 1.89 bits per heavy atom. The molecule has 0 saturated heterocycles. The minimum atomic E-state index is -1.57. The second kappa shape index (κ2) is 5.71. The number of nitrogens with zero attached hydrogens (tertiary/aromatic N) is 1. The fourth-order valence-corrected chi connectivity index (χ4v) is 2.77. The van der Waals surface area contributed by atoms with Gasteiger partial charge in [-0.05, 0) is 17.7 Å². The predicted octanol–water partition coefficient (Wildman–Crippen LogP) is 3.04. The summed E-state index contributed by atoms with van der Waals surface area (Å²) in [4.78, 5) is 10.2. The van der Waals surface area contributed by atoms with Crippen molar-refractivity contribution in [3.05, 3.63) is 70.0 Å². The quantitative estimate of drug-likeness (QED) is 0.638. The number of halogens is 1. The van der Waals surface area contributed by atoms with E-state index in [1.165, 1.54) is 36.4 Å². The van der Waals surface area contributed by atoms with Crippen molar-refractivity contribution in [2.45, 2.75) is 10.6 Å². The number of benzene rings is 2. The van der Waals surface area contributed by atoms with E-state index < -0.39 is 21.5 Å². The predicted molar refractivity (Wildman–Crippen MR) is 69.6 cm³/mol. The zero-order valence-electron chi connectivity index (χ0n) is 9.78. The van der Waals surface area contributed by atoms with Gasteiger partial charge in [-0.1, -0.05) is 24.3 Å². The highest BCUT2D eigenvalue weighted by molar-refractivity contribution is 7.84. The van der Waals surface area contributed by atoms with Crippen LogP contribution >= 0.6 is 0 Å². The molecule has 19 heavy (non-hydrogen) atoms. The summed E-state index contributed by atoms with van der Waals surface area (Å²) in [5, 5.41) is 10.6. The standard InChI is InChI=1S/C13H10FNO3S/c14-12-6-1-2-7-13(12)19(18)9-10-4-3-5-11(8-10)15(16)17/h1-8H,9H2. The highest BCUT2D eigenvalue weighted by atomic mass is 32.2. The first-order chi connectivity index (χ1) is 9.08. The molecule has 0 saturated carbocycles. The van der Waals surface area contributed by atoms with E-state index in [0.717, 1.165) is 0 Å². The van der Waals surface area contributed by atoms with E-state index in [9.17, 15) is 18.7 Å². The molecule has 0 aliphatic carbocycles. The van der Waals surface area contributed by atoms with Crippen molar-refractivity contribution in [3.63, 3.8) is 0 Å². The third-order valence-corrected chi connectivity index (χ3v) is 3.92. The highest BCUT2D eigenvalue weighted by Crippen LogP contribution is 2.18. The molecular formula is C13H10FNO3S. The molecule has 0 aliphatic heterocycles. The van der Waals surface area contributed by atoms with E-state index >= 15 is 0 Å². The lowest BCUT2D eigenvalue weighted by Crippen LogP contribution is -1.99. The molecule has 0 amide bonds. The fraction of sp³-hybridized carbons (Fsp3) is 0.0769. The van der Waals surface area contributed by atoms with Crippen LogP contribution in [-0.2, 0) is 16.6 Å². The molecule has 2 rings (SSSR count). The second-order valence-corrected chi connectivity index (χ2v) is 5.27. The van der Waals surface area contributed by atoms with Gasteiger partial charge in [0.25, 0.3) is 5.69 Å². The zero-order chi connectivity index (χ0) is 13.8. The van der Waals surface area contributed by atoms with Gasteiger partial charge in [0, 0.05) is 12.1 Å². The average molecular weight is 279 g/mol. The summed E-state index contributed by atoms with van der Waals surface area (Å²) in [6, 6.07) is 11.7. The van der Waals surface area contributed by atoms with Gasteiger partial charge < -0.3 is 0 Å². The number of hydrogen-bond acceptors (Lipinski definition) is 3. The van der Waals surface area contributed by atoms with Crippen LogP contribution in [0.3, 0.4) is 0 Å². The Balaban J connectivity index is 2.22. The lowest BCUT2D eigenvalue weighted by Gasteiger charge is -2.03. The Bertz CT molecular complexity index is 645. The molecule has 1 unspecified atom stereocenters. The molecule has 0 bridgehead atoms. The fourth-order valence-electron chi connectivity index (χ4n) is 1.62. The molecule has 0 spiro atoms. The molecule has 0 radical (unpaired) electrons. The molecule has 98 valence electrons. The zero-order valence-corrected chi connectivity index (χ0v) is 10.6. The molecule has 2 aromatic carbocycles. The average Bonchev–Trinajstić information content (AvgIpc) is 2.39. The van der Waals surface area contributed by atoms with Gasteiger partial charge in [0.1, 0.15) is 5.82 Å². The third kappa shape index (κ3) is 3.23. The van der Waals surface area contributed by atoms with Crippen LogP contribution in [0.1, 0.15) is 5.56 Å². The van der Waals surface area contributed by atoms with Crippen LogP contribution in [0.25, 0.3) is 0 Å². The molecule has 6 heteroatoms. The van der Waals surface area contributed by atoms with Crippen molar-refractivity contribution in [2.75, 3.05) is 0 Å². The van der Waals surface area contributed by atoms with Crippen molar-refractivity contribution < 1.29 is 13.5 Å². The van der Waals surface area contributed by atoms with Crippen LogP contribution in [0.2, 0.25) is 0 Å². The van der Waals surface area contributed by atoms with Gasteiger partial charge in [-0.25, -0.2) is 4.39 Å². The SMILES string of the molecule is O=[N+]([O-])c1cccc(CS(=O)c2ccccc2F)c1. The van der Waals surface area contributed by atoms with Crippen LogP contribution in [0, 0.1) is 15.9 Å². The number of nitro groups is 1. The number of rotatable bonds is 4. The van der Waals surface area contributed by atoms with Gasteiger partial charge >= 0.3 is 0 Å². The van der Waals surface area contributed by atoms with Gasteiger partial charge in [0.2, 0.25) is 0 Å². The third-order valence-electron chi connectivity index (χ3n) is 2.50. The maximum Gasteiger partial charge on any atom is 0.269 e. The number of hydrogen-bond donors (Lipinski definition) is 0. The lowest BCUT2D eigenvalue weighted by atomic mass is 10.2. The summed E-state index contributed by atoms with van der Waals surface area (Å²) in [6.07, 6.45) is 0. The lowest BCUT2D eigenvalue weighted by molar-refractivity contribution is -0.384. The first-order valence-electron chi connectivity index (χ1n) is 5.44. The van der Waals surface area contributed by atoms with Crippen LogP contribution < -0.4 is 0 Å². The Kier molecular flexibility index (Phi) is 4.01. The largest absolute Gasteiger partial charge is 0.269 e. The van der Waals surface area contributed by atoms with Crippen molar-refractivity contribution in [1.82, 2.24) is 0 Å². The van der Waals surface area contributed by atoms with Crippen molar-refractivity contribution >= 4 is 16.5 Å². The topological polar surface area (TPSA) is 60.2 Å². The van der Waals surface area contributed by atoms with Crippen molar-refractivity contribution in [3.8, 4) is 0 Å². The summed E-state index contributed by atoms with van der Waals surface area (Å²) < 4.78 is 25.5. The minimum absolute atomic E-state index is 0.0443. The van der Waals surface area contributed by atoms with Crippen molar-refractivity contribution in [2.24, 2.45) is 0 Å². The number of nitro benzene ring substituents is 1. The summed E-state index contributed by atoms with van der Waals surface area (Å²) in [5.41, 5.74) is 0.471. The maximum absolute atomic E-state index is 13.4. The molecule has 2 aromatic rings. The molecule has 0 aromatic heterocycles. The molecule has 0 aliphatic rings. The molecule has 1 atom stereocenters. The Morgan fingerprint density at radius 3 is 2.58 bits per heavy atom. The van der Waals surface area contributed by atoms with Crippen molar-refractivity contribution in [1.29, 1.82) is 0 Å². The van der Waals surface area contributed by atoms with Crippen LogP contribution in [0.15, 0.2) is 53.4 Å². The van der Waals surface area contributed by atoms with E-state index in [0.29, 0.717) is 5.56 Å². The summed E-state index contributed by atoms with van der Waals surface area (Å²) in [5.74, 6) is -0.492. The van der Waals surface area contributed by atoms with Gasteiger partial charge in [0.05, 0.1) is 26.4 Å². The molecule has 0 N–H and O–H groups in total. The van der Waals surface area contributed by atoms with Crippen LogP contribution in [0.4, 0.5) is 10.1 Å². The smallest absolute Gasteiger partial charge is 0.258 e. The Labute approximate surface area is 111 Å². The molecule has 4 nitrogen and oxygen atoms in total. The highest BCUT2D eigenvalue weighted by Gasteiger charge is 2.12. The maximum atomic E-state index is 13.4. The molecular weight excluding hydrogens is 269 g/mol. The second-order valence-electron chi connectivity index (χ2n) is 3.85. The van der Waals surface area contributed by atoms with Gasteiger partial charge in [-0.2, -0.15) is 0 Å². The Hall–Kier alpha value is -2.08. The normalized spacial score (nSPS) is 12.1. The van der Waals surface area contributed by atoms with E-state index in [1.54, 1.807) is 12.1 Å². The first kappa shape index (κ1) is 13.4. The summed E-state index contributed by atoms with van der Waals surface area (Å²) in [6.45, 7) is 0. The van der Waals surface area contributed by atoms with Gasteiger partial charge in [-0.3, -0.25) is 14.3 Å². The molecule has 0 fully saturated rings. The summed E-state index contributed by atoms with van der Waals surface area (Å²) >= 11 is 0. The summed E-state index contributed by atoms with van der Waals surface area (Å²) in [7, 11) is -1.57. The first-order valence-corrected chi connectivity index (χ1v) is 6.76. The van der Waals surface area contributed by atoms with E-state index in [4.69, 9.17) is 0 Å². The van der Waals surface area contributed by atoms with E-state index in [-0.39, 0.29) is 16.3 Å². The minimum Gasteiger partial charge on any atom is -0.258 e. The molecule has 0 heterocycles. The van der Waals surface area contributed by atoms with E-state index in [2.05, 4.69) is 0 Å². The van der Waals surface area contributed by atoms with Gasteiger partial charge in [0.15, 0.2) is 0 Å². The Morgan fingerprint density at radius 1 is 1.16 bits per heavy atom. The van der Waals surface area contributed by atoms with E-state index in [1.807, 2.05) is 0 Å². The van der Waals surface area contributed by atoms with Crippen LogP contribution in [0.5, 0.6) is 0 Å². The monoisotopic (exact) mass is 279 g/mol.